The molecule has 3 rings (SSSR count). The molecule has 0 spiro atoms. The summed E-state index contributed by atoms with van der Waals surface area (Å²) in [6.07, 6.45) is 8.61. The second kappa shape index (κ2) is 10.7. The summed E-state index contributed by atoms with van der Waals surface area (Å²) in [5, 5.41) is 0. The van der Waals surface area contributed by atoms with Crippen LogP contribution >= 0.6 is 0 Å². The Morgan fingerprint density at radius 1 is 1.33 bits per heavy atom. The minimum Gasteiger partial charge on any atom is -0.383 e. The number of aromatic nitrogens is 1. The largest absolute Gasteiger partial charge is 0.383 e. The number of carbonyl (C=O) groups is 1. The molecule has 27 heavy (non-hydrogen) atoms. The molecule has 1 atom stereocenters. The fourth-order valence-electron chi connectivity index (χ4n) is 4.03. The standard InChI is InChI=1S/C21H33N3O3/c1-26-13-11-23-9-6-18(7-10-23)16-24(17-20-5-3-12-27-20)21(25)14-19-4-2-8-22-15-19/h2,4,8,15,18,20H,3,5-7,9-14,16-17H2,1H3. The highest BCUT2D eigenvalue weighted by Gasteiger charge is 2.27. The van der Waals surface area contributed by atoms with Gasteiger partial charge >= 0.3 is 0 Å². The van der Waals surface area contributed by atoms with Gasteiger partial charge < -0.3 is 19.3 Å². The molecule has 2 aliphatic heterocycles. The number of amides is 1. The number of methoxy groups -OCH3 is 1. The molecular weight excluding hydrogens is 342 g/mol. The highest BCUT2D eigenvalue weighted by Crippen LogP contribution is 2.21. The van der Waals surface area contributed by atoms with Gasteiger partial charge in [0.05, 0.1) is 19.1 Å². The van der Waals surface area contributed by atoms with Gasteiger partial charge in [-0.25, -0.2) is 0 Å². The maximum absolute atomic E-state index is 13.0. The number of piperidine rings is 1. The predicted molar refractivity (Wildman–Crippen MR) is 105 cm³/mol. The number of ether oxygens (including phenoxy) is 2. The first kappa shape index (κ1) is 20.2. The van der Waals surface area contributed by atoms with Gasteiger partial charge in [-0.2, -0.15) is 0 Å². The molecule has 0 bridgehead atoms. The second-order valence-electron chi connectivity index (χ2n) is 7.75. The molecule has 0 aromatic carbocycles. The van der Waals surface area contributed by atoms with Crippen molar-refractivity contribution in [2.75, 3.05) is 53.0 Å². The van der Waals surface area contributed by atoms with Crippen molar-refractivity contribution in [1.82, 2.24) is 14.8 Å². The van der Waals surface area contributed by atoms with Crippen LogP contribution in [-0.2, 0) is 20.7 Å². The maximum Gasteiger partial charge on any atom is 0.227 e. The van der Waals surface area contributed by atoms with E-state index in [-0.39, 0.29) is 12.0 Å². The van der Waals surface area contributed by atoms with Crippen molar-refractivity contribution in [2.24, 2.45) is 5.92 Å². The normalized spacial score (nSPS) is 21.4. The number of carbonyl (C=O) groups excluding carboxylic acids is 1. The van der Waals surface area contributed by atoms with E-state index < -0.39 is 0 Å². The lowest BCUT2D eigenvalue weighted by Gasteiger charge is -2.35. The first-order valence-corrected chi connectivity index (χ1v) is 10.2. The van der Waals surface area contributed by atoms with E-state index >= 15 is 0 Å². The summed E-state index contributed by atoms with van der Waals surface area (Å²) in [4.78, 5) is 21.6. The van der Waals surface area contributed by atoms with Crippen LogP contribution in [0.5, 0.6) is 0 Å². The topological polar surface area (TPSA) is 54.9 Å². The molecule has 1 aromatic rings. The Bertz CT molecular complexity index is 555. The minimum absolute atomic E-state index is 0.195. The van der Waals surface area contributed by atoms with Crippen molar-refractivity contribution in [3.8, 4) is 0 Å². The van der Waals surface area contributed by atoms with E-state index in [1.54, 1.807) is 19.5 Å². The Morgan fingerprint density at radius 3 is 2.85 bits per heavy atom. The molecule has 6 heteroatoms. The highest BCUT2D eigenvalue weighted by atomic mass is 16.5. The van der Waals surface area contributed by atoms with Gasteiger partial charge in [0.2, 0.25) is 5.91 Å². The number of rotatable bonds is 9. The van der Waals surface area contributed by atoms with Crippen LogP contribution in [0.2, 0.25) is 0 Å². The Labute approximate surface area is 162 Å². The Balaban J connectivity index is 1.54. The molecule has 2 fully saturated rings. The van der Waals surface area contributed by atoms with Gasteiger partial charge in [0.15, 0.2) is 0 Å². The smallest absolute Gasteiger partial charge is 0.227 e. The third-order valence-electron chi connectivity index (χ3n) is 5.68. The molecular formula is C21H33N3O3. The molecule has 3 heterocycles. The molecule has 1 unspecified atom stereocenters. The lowest BCUT2D eigenvalue weighted by Crippen LogP contribution is -2.44. The lowest BCUT2D eigenvalue weighted by atomic mass is 9.95. The van der Waals surface area contributed by atoms with E-state index in [0.717, 1.165) is 77.2 Å². The van der Waals surface area contributed by atoms with Crippen molar-refractivity contribution < 1.29 is 14.3 Å². The third-order valence-corrected chi connectivity index (χ3v) is 5.68. The summed E-state index contributed by atoms with van der Waals surface area (Å²) in [6, 6.07) is 3.87. The zero-order valence-electron chi connectivity index (χ0n) is 16.5. The van der Waals surface area contributed by atoms with Crippen LogP contribution in [0.15, 0.2) is 24.5 Å². The van der Waals surface area contributed by atoms with Crippen molar-refractivity contribution >= 4 is 5.91 Å². The van der Waals surface area contributed by atoms with Crippen molar-refractivity contribution in [3.05, 3.63) is 30.1 Å². The van der Waals surface area contributed by atoms with Gasteiger partial charge in [-0.1, -0.05) is 6.07 Å². The third kappa shape index (κ3) is 6.55. The summed E-state index contributed by atoms with van der Waals surface area (Å²) < 4.78 is 11.0. The fourth-order valence-corrected chi connectivity index (χ4v) is 4.03. The Morgan fingerprint density at radius 2 is 2.19 bits per heavy atom. The van der Waals surface area contributed by atoms with Gasteiger partial charge in [0, 0.05) is 45.7 Å². The van der Waals surface area contributed by atoms with E-state index in [0.29, 0.717) is 12.3 Å². The molecule has 2 saturated heterocycles. The van der Waals surface area contributed by atoms with E-state index in [2.05, 4.69) is 14.8 Å². The molecule has 150 valence electrons. The van der Waals surface area contributed by atoms with Crippen molar-refractivity contribution in [1.29, 1.82) is 0 Å². The molecule has 0 aliphatic carbocycles. The van der Waals surface area contributed by atoms with Gasteiger partial charge in [-0.05, 0) is 56.3 Å². The van der Waals surface area contributed by atoms with Gasteiger partial charge in [0.1, 0.15) is 0 Å². The number of hydrogen-bond acceptors (Lipinski definition) is 5. The quantitative estimate of drug-likeness (QED) is 0.661. The highest BCUT2D eigenvalue weighted by molar-refractivity contribution is 5.78. The molecule has 1 aromatic heterocycles. The monoisotopic (exact) mass is 375 g/mol. The van der Waals surface area contributed by atoms with Crippen LogP contribution in [0.25, 0.3) is 0 Å². The molecule has 1 amide bonds. The molecule has 6 nitrogen and oxygen atoms in total. The lowest BCUT2D eigenvalue weighted by molar-refractivity contribution is -0.133. The van der Waals surface area contributed by atoms with Crippen LogP contribution in [0.3, 0.4) is 0 Å². The number of likely N-dealkylation sites (tertiary alicyclic amines) is 1. The van der Waals surface area contributed by atoms with Crippen LogP contribution in [-0.4, -0.2) is 79.8 Å². The Kier molecular flexibility index (Phi) is 8.05. The van der Waals surface area contributed by atoms with Gasteiger partial charge in [0.25, 0.3) is 0 Å². The first-order valence-electron chi connectivity index (χ1n) is 10.2. The van der Waals surface area contributed by atoms with Crippen LogP contribution in [0.4, 0.5) is 0 Å². The number of pyridine rings is 1. The zero-order valence-corrected chi connectivity index (χ0v) is 16.5. The molecule has 0 N–H and O–H groups in total. The summed E-state index contributed by atoms with van der Waals surface area (Å²) >= 11 is 0. The Hall–Kier alpha value is -1.50. The molecule has 0 radical (unpaired) electrons. The van der Waals surface area contributed by atoms with Crippen molar-refractivity contribution in [3.63, 3.8) is 0 Å². The van der Waals surface area contributed by atoms with Gasteiger partial charge in [-0.15, -0.1) is 0 Å². The van der Waals surface area contributed by atoms with Gasteiger partial charge in [-0.3, -0.25) is 9.78 Å². The average Bonchev–Trinajstić information content (AvgIpc) is 3.21. The van der Waals surface area contributed by atoms with E-state index in [9.17, 15) is 4.79 Å². The summed E-state index contributed by atoms with van der Waals surface area (Å²) in [6.45, 7) is 6.38. The number of hydrogen-bond donors (Lipinski definition) is 0. The summed E-state index contributed by atoms with van der Waals surface area (Å²) in [7, 11) is 1.75. The molecule has 0 saturated carbocycles. The fraction of sp³-hybridized carbons (Fsp3) is 0.714. The first-order chi connectivity index (χ1) is 13.2. The molecule has 2 aliphatic rings. The minimum atomic E-state index is 0.195. The average molecular weight is 376 g/mol. The van der Waals surface area contributed by atoms with Crippen LogP contribution < -0.4 is 0 Å². The van der Waals surface area contributed by atoms with Crippen LogP contribution in [0.1, 0.15) is 31.2 Å². The van der Waals surface area contributed by atoms with E-state index in [1.165, 1.54) is 0 Å². The summed E-state index contributed by atoms with van der Waals surface area (Å²) in [5.41, 5.74) is 0.981. The number of nitrogens with zero attached hydrogens (tertiary/aromatic N) is 3. The maximum atomic E-state index is 13.0. The summed E-state index contributed by atoms with van der Waals surface area (Å²) in [5.74, 6) is 0.767. The van der Waals surface area contributed by atoms with E-state index in [4.69, 9.17) is 9.47 Å². The predicted octanol–water partition coefficient (Wildman–Crippen LogP) is 1.99. The van der Waals surface area contributed by atoms with Crippen LogP contribution in [0, 0.1) is 5.92 Å². The second-order valence-corrected chi connectivity index (χ2v) is 7.75. The SMILES string of the molecule is COCCN1CCC(CN(CC2CCCO2)C(=O)Cc2cccnc2)CC1. The van der Waals surface area contributed by atoms with E-state index in [1.807, 2.05) is 12.1 Å². The van der Waals surface area contributed by atoms with Crippen molar-refractivity contribution in [2.45, 2.75) is 38.2 Å². The zero-order chi connectivity index (χ0) is 18.9.